The van der Waals surface area contributed by atoms with Gasteiger partial charge in [-0.05, 0) is 54.6 Å². The number of aryl methyl sites for hydroxylation is 1. The van der Waals surface area contributed by atoms with Crippen molar-refractivity contribution in [3.63, 3.8) is 0 Å². The first-order valence-corrected chi connectivity index (χ1v) is 8.68. The minimum absolute atomic E-state index is 0.0753. The molecule has 0 aliphatic carbocycles. The quantitative estimate of drug-likeness (QED) is 0.433. The Morgan fingerprint density at radius 2 is 2.19 bits per heavy atom. The number of aliphatic hydroxyl groups excluding tert-OH is 1. The van der Waals surface area contributed by atoms with Crippen LogP contribution in [0, 0.1) is 16.3 Å². The number of rotatable bonds is 6. The summed E-state index contributed by atoms with van der Waals surface area (Å²) in [7, 11) is 1.40. The summed E-state index contributed by atoms with van der Waals surface area (Å²) < 4.78 is 15.9. The molecule has 0 spiro atoms. The van der Waals surface area contributed by atoms with E-state index in [0.717, 1.165) is 4.68 Å². The SMILES string of the molecule is Cc1c(Nc2ccc(I)cc2F)c(C(=O)NOC[C@H](C)O)nn(C)c1=O. The van der Waals surface area contributed by atoms with E-state index in [0.29, 0.717) is 3.57 Å². The third kappa shape index (κ3) is 4.77. The van der Waals surface area contributed by atoms with Crippen molar-refractivity contribution in [2.45, 2.75) is 20.0 Å². The van der Waals surface area contributed by atoms with Crippen molar-refractivity contribution in [3.8, 4) is 0 Å². The molecule has 3 N–H and O–H groups in total. The van der Waals surface area contributed by atoms with Gasteiger partial charge in [0.25, 0.3) is 11.5 Å². The first-order chi connectivity index (χ1) is 12.2. The monoisotopic (exact) mass is 476 g/mol. The molecule has 26 heavy (non-hydrogen) atoms. The maximum Gasteiger partial charge on any atom is 0.297 e. The normalized spacial score (nSPS) is 11.9. The van der Waals surface area contributed by atoms with Gasteiger partial charge in [-0.2, -0.15) is 5.10 Å². The van der Waals surface area contributed by atoms with Crippen LogP contribution in [0.2, 0.25) is 0 Å². The number of halogens is 2. The van der Waals surface area contributed by atoms with Crippen molar-refractivity contribution < 1.29 is 19.1 Å². The first kappa shape index (κ1) is 20.3. The van der Waals surface area contributed by atoms with Crippen molar-refractivity contribution in [2.75, 3.05) is 11.9 Å². The second kappa shape index (κ2) is 8.56. The number of carbonyl (C=O) groups is 1. The Balaban J connectivity index is 2.41. The Bertz CT molecular complexity index is 885. The molecule has 1 aromatic carbocycles. The lowest BCUT2D eigenvalue weighted by Gasteiger charge is -2.15. The van der Waals surface area contributed by atoms with E-state index in [9.17, 15) is 19.1 Å². The number of nitrogens with one attached hydrogen (secondary N) is 2. The number of nitrogens with zero attached hydrogens (tertiary/aromatic N) is 2. The van der Waals surface area contributed by atoms with Crippen LogP contribution in [-0.4, -0.2) is 33.5 Å². The highest BCUT2D eigenvalue weighted by Crippen LogP contribution is 2.25. The van der Waals surface area contributed by atoms with Crippen molar-refractivity contribution in [3.05, 3.63) is 49.2 Å². The summed E-state index contributed by atoms with van der Waals surface area (Å²) in [5.74, 6) is -1.27. The summed E-state index contributed by atoms with van der Waals surface area (Å²) in [5, 5.41) is 15.9. The summed E-state index contributed by atoms with van der Waals surface area (Å²) >= 11 is 1.97. The fourth-order valence-electron chi connectivity index (χ4n) is 2.09. The molecule has 2 aromatic rings. The van der Waals surface area contributed by atoms with E-state index in [2.05, 4.69) is 15.9 Å². The molecule has 140 valence electrons. The lowest BCUT2D eigenvalue weighted by Crippen LogP contribution is -2.33. The molecule has 1 heterocycles. The topological polar surface area (TPSA) is 105 Å². The highest BCUT2D eigenvalue weighted by Gasteiger charge is 2.21. The average molecular weight is 476 g/mol. The lowest BCUT2D eigenvalue weighted by atomic mass is 10.2. The van der Waals surface area contributed by atoms with Crippen LogP contribution >= 0.6 is 22.6 Å². The first-order valence-electron chi connectivity index (χ1n) is 7.61. The summed E-state index contributed by atoms with van der Waals surface area (Å²) in [6.45, 7) is 2.88. The minimum atomic E-state index is -0.774. The zero-order chi connectivity index (χ0) is 19.4. The predicted molar refractivity (Wildman–Crippen MR) is 102 cm³/mol. The molecule has 0 bridgehead atoms. The molecule has 10 heteroatoms. The molecule has 1 amide bonds. The Morgan fingerprint density at radius 1 is 1.50 bits per heavy atom. The van der Waals surface area contributed by atoms with E-state index in [-0.39, 0.29) is 29.2 Å². The average Bonchev–Trinajstić information content (AvgIpc) is 2.56. The van der Waals surface area contributed by atoms with E-state index in [4.69, 9.17) is 4.84 Å². The highest BCUT2D eigenvalue weighted by molar-refractivity contribution is 14.1. The summed E-state index contributed by atoms with van der Waals surface area (Å²) in [6.07, 6.45) is -0.774. The van der Waals surface area contributed by atoms with Gasteiger partial charge in [0.2, 0.25) is 0 Å². The lowest BCUT2D eigenvalue weighted by molar-refractivity contribution is -0.00717. The van der Waals surface area contributed by atoms with Crippen LogP contribution in [0.4, 0.5) is 15.8 Å². The van der Waals surface area contributed by atoms with Crippen LogP contribution in [0.3, 0.4) is 0 Å². The van der Waals surface area contributed by atoms with Gasteiger partial charge in [0, 0.05) is 16.2 Å². The predicted octanol–water partition coefficient (Wildman–Crippen LogP) is 1.62. The zero-order valence-corrected chi connectivity index (χ0v) is 16.5. The molecular formula is C16H18FIN4O4. The molecule has 0 unspecified atom stereocenters. The van der Waals surface area contributed by atoms with Gasteiger partial charge in [-0.15, -0.1) is 0 Å². The molecule has 0 radical (unpaired) electrons. The van der Waals surface area contributed by atoms with Crippen LogP contribution in [0.15, 0.2) is 23.0 Å². The van der Waals surface area contributed by atoms with Gasteiger partial charge in [0.1, 0.15) is 12.4 Å². The Hall–Kier alpha value is -2.05. The standard InChI is InChI=1S/C16H18FIN4O4/c1-8(23)7-26-21-15(24)14-13(9(2)16(25)22(3)20-14)19-12-5-4-10(18)6-11(12)17/h4-6,8,19,23H,7H2,1-3H3,(H,21,24)/t8-/m0/s1. The molecule has 0 saturated heterocycles. The van der Waals surface area contributed by atoms with Crippen LogP contribution in [0.1, 0.15) is 23.0 Å². The number of hydroxylamine groups is 1. The second-order valence-electron chi connectivity index (χ2n) is 5.62. The highest BCUT2D eigenvalue weighted by atomic mass is 127. The molecule has 2 rings (SSSR count). The molecule has 1 atom stereocenters. The summed E-state index contributed by atoms with van der Waals surface area (Å²) in [6, 6.07) is 4.50. The molecule has 1 aromatic heterocycles. The zero-order valence-electron chi connectivity index (χ0n) is 14.3. The molecule has 0 saturated carbocycles. The number of amides is 1. The third-order valence-corrected chi connectivity index (χ3v) is 4.04. The van der Waals surface area contributed by atoms with E-state index in [1.54, 1.807) is 6.07 Å². The molecule has 0 aliphatic heterocycles. The molecule has 0 fully saturated rings. The molecular weight excluding hydrogens is 458 g/mol. The largest absolute Gasteiger partial charge is 0.391 e. The number of hydrogen-bond donors (Lipinski definition) is 3. The van der Waals surface area contributed by atoms with Gasteiger partial charge < -0.3 is 10.4 Å². The van der Waals surface area contributed by atoms with Crippen molar-refractivity contribution in [2.24, 2.45) is 7.05 Å². The van der Waals surface area contributed by atoms with E-state index in [1.165, 1.54) is 33.0 Å². The molecule has 0 aliphatic rings. The Labute approximate surface area is 162 Å². The van der Waals surface area contributed by atoms with Crippen LogP contribution in [-0.2, 0) is 11.9 Å². The van der Waals surface area contributed by atoms with Gasteiger partial charge in [0.05, 0.1) is 17.5 Å². The summed E-state index contributed by atoms with van der Waals surface area (Å²) in [4.78, 5) is 29.4. The van der Waals surface area contributed by atoms with Crippen molar-refractivity contribution >= 4 is 39.9 Å². The number of carbonyl (C=O) groups excluding carboxylic acids is 1. The minimum Gasteiger partial charge on any atom is -0.391 e. The van der Waals surface area contributed by atoms with Gasteiger partial charge in [-0.1, -0.05) is 0 Å². The number of hydrogen-bond acceptors (Lipinski definition) is 6. The van der Waals surface area contributed by atoms with E-state index >= 15 is 0 Å². The molecule has 8 nitrogen and oxygen atoms in total. The fourth-order valence-corrected chi connectivity index (χ4v) is 2.54. The Morgan fingerprint density at radius 3 is 2.81 bits per heavy atom. The van der Waals surface area contributed by atoms with E-state index in [1.807, 2.05) is 22.6 Å². The number of aliphatic hydroxyl groups is 1. The van der Waals surface area contributed by atoms with Gasteiger partial charge >= 0.3 is 0 Å². The maximum absolute atomic E-state index is 14.1. The van der Waals surface area contributed by atoms with Crippen molar-refractivity contribution in [1.82, 2.24) is 15.3 Å². The van der Waals surface area contributed by atoms with E-state index < -0.39 is 23.4 Å². The van der Waals surface area contributed by atoms with Crippen LogP contribution in [0.5, 0.6) is 0 Å². The maximum atomic E-state index is 14.1. The van der Waals surface area contributed by atoms with Gasteiger partial charge in [0.15, 0.2) is 5.69 Å². The van der Waals surface area contributed by atoms with Crippen LogP contribution < -0.4 is 16.4 Å². The van der Waals surface area contributed by atoms with Crippen molar-refractivity contribution in [1.29, 1.82) is 0 Å². The van der Waals surface area contributed by atoms with Crippen LogP contribution in [0.25, 0.3) is 0 Å². The number of aromatic nitrogens is 2. The van der Waals surface area contributed by atoms with Gasteiger partial charge in [-0.25, -0.2) is 14.6 Å². The Kier molecular flexibility index (Phi) is 6.67. The summed E-state index contributed by atoms with van der Waals surface area (Å²) in [5.41, 5.74) is 1.94. The smallest absolute Gasteiger partial charge is 0.297 e. The fraction of sp³-hybridized carbons (Fsp3) is 0.312. The van der Waals surface area contributed by atoms with Gasteiger partial charge in [-0.3, -0.25) is 14.4 Å². The number of benzene rings is 1. The second-order valence-corrected chi connectivity index (χ2v) is 6.86. The number of anilines is 2. The third-order valence-electron chi connectivity index (χ3n) is 3.37.